The van der Waals surface area contributed by atoms with E-state index in [1.807, 2.05) is 6.07 Å². The average molecular weight is 241 g/mol. The van der Waals surface area contributed by atoms with Crippen molar-refractivity contribution >= 4 is 17.3 Å². The van der Waals surface area contributed by atoms with Crippen LogP contribution in [0.4, 0.5) is 5.69 Å². The molecule has 1 aromatic rings. The van der Waals surface area contributed by atoms with Gasteiger partial charge in [-0.25, -0.2) is 0 Å². The summed E-state index contributed by atoms with van der Waals surface area (Å²) in [6.07, 6.45) is 0. The number of benzene rings is 1. The van der Waals surface area contributed by atoms with Crippen molar-refractivity contribution in [1.29, 1.82) is 5.26 Å². The lowest BCUT2D eigenvalue weighted by atomic mass is 10.2. The molecule has 0 fully saturated rings. The van der Waals surface area contributed by atoms with Crippen molar-refractivity contribution in [2.75, 3.05) is 31.7 Å². The summed E-state index contributed by atoms with van der Waals surface area (Å²) in [4.78, 5) is 0. The van der Waals surface area contributed by atoms with E-state index in [0.29, 0.717) is 36.0 Å². The zero-order chi connectivity index (χ0) is 11.8. The first-order valence-corrected chi connectivity index (χ1v) is 5.28. The van der Waals surface area contributed by atoms with E-state index in [0.717, 1.165) is 0 Å². The molecule has 0 unspecified atom stereocenters. The summed E-state index contributed by atoms with van der Waals surface area (Å²) in [5.41, 5.74) is 1.27. The molecule has 5 heteroatoms. The number of halogens is 1. The van der Waals surface area contributed by atoms with Crippen LogP contribution in [0.15, 0.2) is 18.2 Å². The molecular formula is C11H13ClN2O2. The normalized spacial score (nSPS) is 9.81. The number of anilines is 1. The van der Waals surface area contributed by atoms with Gasteiger partial charge in [-0.05, 0) is 18.2 Å². The number of rotatable bonds is 6. The van der Waals surface area contributed by atoms with E-state index in [1.165, 1.54) is 0 Å². The van der Waals surface area contributed by atoms with Gasteiger partial charge in [-0.2, -0.15) is 5.26 Å². The maximum atomic E-state index is 8.72. The third-order valence-electron chi connectivity index (χ3n) is 1.89. The highest BCUT2D eigenvalue weighted by atomic mass is 35.5. The zero-order valence-electron chi connectivity index (χ0n) is 8.74. The second-order valence-corrected chi connectivity index (χ2v) is 3.48. The highest BCUT2D eigenvalue weighted by Gasteiger charge is 2.00. The number of hydrogen-bond donors (Lipinski definition) is 2. The predicted octanol–water partition coefficient (Wildman–Crippen LogP) is 1.63. The first-order chi connectivity index (χ1) is 7.77. The van der Waals surface area contributed by atoms with E-state index in [1.54, 1.807) is 18.2 Å². The molecule has 0 amide bonds. The molecule has 0 spiro atoms. The summed E-state index contributed by atoms with van der Waals surface area (Å²) in [5.74, 6) is 0. The van der Waals surface area contributed by atoms with Gasteiger partial charge in [-0.1, -0.05) is 11.6 Å². The molecule has 0 saturated carbocycles. The fraction of sp³-hybridized carbons (Fsp3) is 0.364. The zero-order valence-corrected chi connectivity index (χ0v) is 9.50. The molecule has 0 aliphatic carbocycles. The van der Waals surface area contributed by atoms with Crippen LogP contribution in [0.3, 0.4) is 0 Å². The highest BCUT2D eigenvalue weighted by Crippen LogP contribution is 2.22. The van der Waals surface area contributed by atoms with Gasteiger partial charge in [0.2, 0.25) is 0 Å². The topological polar surface area (TPSA) is 65.3 Å². The maximum absolute atomic E-state index is 8.72. The maximum Gasteiger partial charge on any atom is 0.0992 e. The Labute approximate surface area is 99.4 Å². The molecule has 16 heavy (non-hydrogen) atoms. The Morgan fingerprint density at radius 2 is 2.25 bits per heavy atom. The largest absolute Gasteiger partial charge is 0.394 e. The van der Waals surface area contributed by atoms with Crippen LogP contribution < -0.4 is 5.32 Å². The number of nitriles is 1. The van der Waals surface area contributed by atoms with Crippen molar-refractivity contribution < 1.29 is 9.84 Å². The van der Waals surface area contributed by atoms with E-state index in [2.05, 4.69) is 5.32 Å². The fourth-order valence-electron chi connectivity index (χ4n) is 1.15. The number of hydrogen-bond acceptors (Lipinski definition) is 4. The molecule has 0 saturated heterocycles. The molecule has 2 N–H and O–H groups in total. The van der Waals surface area contributed by atoms with Crippen molar-refractivity contribution in [1.82, 2.24) is 0 Å². The SMILES string of the molecule is N#Cc1ccc(Cl)c(NCCOCCO)c1. The number of aliphatic hydroxyl groups is 1. The van der Waals surface area contributed by atoms with E-state index >= 15 is 0 Å². The quantitative estimate of drug-likeness (QED) is 0.742. The standard InChI is InChI=1S/C11H13ClN2O2/c12-10-2-1-9(8-13)7-11(10)14-3-5-16-6-4-15/h1-2,7,14-15H,3-6H2. The van der Waals surface area contributed by atoms with Crippen LogP contribution in [0, 0.1) is 11.3 Å². The van der Waals surface area contributed by atoms with Crippen LogP contribution in [0.5, 0.6) is 0 Å². The summed E-state index contributed by atoms with van der Waals surface area (Å²) in [7, 11) is 0. The van der Waals surface area contributed by atoms with Crippen molar-refractivity contribution in [3.8, 4) is 6.07 Å². The van der Waals surface area contributed by atoms with Crippen LogP contribution in [0.1, 0.15) is 5.56 Å². The Balaban J connectivity index is 2.44. The Bertz CT molecular complexity index is 377. The third kappa shape index (κ3) is 4.07. The van der Waals surface area contributed by atoms with E-state index in [4.69, 9.17) is 26.7 Å². The van der Waals surface area contributed by atoms with Crippen molar-refractivity contribution in [2.24, 2.45) is 0 Å². The lowest BCUT2D eigenvalue weighted by Crippen LogP contribution is -2.11. The summed E-state index contributed by atoms with van der Waals surface area (Å²) in [6.45, 7) is 1.40. The van der Waals surface area contributed by atoms with Crippen LogP contribution in [0.2, 0.25) is 5.02 Å². The van der Waals surface area contributed by atoms with Crippen LogP contribution in [-0.4, -0.2) is 31.5 Å². The molecule has 0 atom stereocenters. The predicted molar refractivity (Wildman–Crippen MR) is 62.6 cm³/mol. The second kappa shape index (κ2) is 7.07. The first-order valence-electron chi connectivity index (χ1n) is 4.90. The van der Waals surface area contributed by atoms with Crippen molar-refractivity contribution in [3.05, 3.63) is 28.8 Å². The van der Waals surface area contributed by atoms with Gasteiger partial charge in [0.1, 0.15) is 0 Å². The van der Waals surface area contributed by atoms with Gasteiger partial charge in [0.15, 0.2) is 0 Å². The van der Waals surface area contributed by atoms with E-state index in [-0.39, 0.29) is 6.61 Å². The number of nitrogens with one attached hydrogen (secondary N) is 1. The van der Waals surface area contributed by atoms with E-state index < -0.39 is 0 Å². The Hall–Kier alpha value is -1.28. The van der Waals surface area contributed by atoms with Gasteiger partial charge in [0.05, 0.1) is 42.2 Å². The molecule has 1 rings (SSSR count). The molecule has 0 aromatic heterocycles. The second-order valence-electron chi connectivity index (χ2n) is 3.07. The molecule has 4 nitrogen and oxygen atoms in total. The Kier molecular flexibility index (Phi) is 5.65. The number of nitrogens with zero attached hydrogens (tertiary/aromatic N) is 1. The van der Waals surface area contributed by atoms with Gasteiger partial charge in [-0.3, -0.25) is 0 Å². The Morgan fingerprint density at radius 3 is 2.94 bits per heavy atom. The van der Waals surface area contributed by atoms with Gasteiger partial charge in [0.25, 0.3) is 0 Å². The van der Waals surface area contributed by atoms with Gasteiger partial charge < -0.3 is 15.2 Å². The molecule has 0 aliphatic heterocycles. The van der Waals surface area contributed by atoms with Crippen LogP contribution >= 0.6 is 11.6 Å². The number of aliphatic hydroxyl groups excluding tert-OH is 1. The van der Waals surface area contributed by atoms with Crippen LogP contribution in [0.25, 0.3) is 0 Å². The summed E-state index contributed by atoms with van der Waals surface area (Å²) >= 11 is 5.94. The highest BCUT2D eigenvalue weighted by molar-refractivity contribution is 6.33. The molecule has 0 heterocycles. The molecule has 0 radical (unpaired) electrons. The minimum absolute atomic E-state index is 0.0185. The molecule has 1 aromatic carbocycles. The summed E-state index contributed by atoms with van der Waals surface area (Å²) in [5, 5.41) is 20.8. The fourth-order valence-corrected chi connectivity index (χ4v) is 1.34. The summed E-state index contributed by atoms with van der Waals surface area (Å²) < 4.78 is 5.08. The van der Waals surface area contributed by atoms with Crippen LogP contribution in [-0.2, 0) is 4.74 Å². The minimum Gasteiger partial charge on any atom is -0.394 e. The Morgan fingerprint density at radius 1 is 1.44 bits per heavy atom. The minimum atomic E-state index is 0.0185. The summed E-state index contributed by atoms with van der Waals surface area (Å²) in [6, 6.07) is 7.07. The average Bonchev–Trinajstić information content (AvgIpc) is 2.31. The smallest absolute Gasteiger partial charge is 0.0992 e. The van der Waals surface area contributed by atoms with Crippen molar-refractivity contribution in [2.45, 2.75) is 0 Å². The molecule has 86 valence electrons. The van der Waals surface area contributed by atoms with Gasteiger partial charge in [-0.15, -0.1) is 0 Å². The van der Waals surface area contributed by atoms with Crippen molar-refractivity contribution in [3.63, 3.8) is 0 Å². The van der Waals surface area contributed by atoms with E-state index in [9.17, 15) is 0 Å². The number of ether oxygens (including phenoxy) is 1. The lowest BCUT2D eigenvalue weighted by molar-refractivity contribution is 0.0992. The molecular weight excluding hydrogens is 228 g/mol. The van der Waals surface area contributed by atoms with Gasteiger partial charge in [0, 0.05) is 6.54 Å². The lowest BCUT2D eigenvalue weighted by Gasteiger charge is -2.08. The molecule has 0 bridgehead atoms. The first kappa shape index (κ1) is 12.8. The van der Waals surface area contributed by atoms with Gasteiger partial charge >= 0.3 is 0 Å². The third-order valence-corrected chi connectivity index (χ3v) is 2.22. The monoisotopic (exact) mass is 240 g/mol. The molecule has 0 aliphatic rings.